The fraction of sp³-hybridized carbons (Fsp3) is 0.733. The highest BCUT2D eigenvalue weighted by Gasteiger charge is 2.60. The van der Waals surface area contributed by atoms with Crippen molar-refractivity contribution in [1.29, 1.82) is 0 Å². The maximum atomic E-state index is 15.2. The van der Waals surface area contributed by atoms with Gasteiger partial charge in [0.05, 0.1) is 79.3 Å². The summed E-state index contributed by atoms with van der Waals surface area (Å²) in [6.45, 7) is -4.11. The third-order valence-electron chi connectivity index (χ3n) is 19.7. The number of aliphatic hydroxyl groups is 2. The van der Waals surface area contributed by atoms with Crippen molar-refractivity contribution in [2.24, 2.45) is 0 Å². The summed E-state index contributed by atoms with van der Waals surface area (Å²) in [6.07, 6.45) is -25.2. The number of phosphoric ester groups is 3. The summed E-state index contributed by atoms with van der Waals surface area (Å²) in [5, 5.41) is 22.7. The largest absolute Gasteiger partial charge is 0.472 e. The van der Waals surface area contributed by atoms with Gasteiger partial charge < -0.3 is 101 Å². The van der Waals surface area contributed by atoms with Crippen LogP contribution in [0.5, 0.6) is 0 Å². The topological polar surface area (TPSA) is 575 Å². The summed E-state index contributed by atoms with van der Waals surface area (Å²) >= 11 is 0. The Morgan fingerprint density at radius 2 is 0.624 bits per heavy atom. The fourth-order valence-electron chi connectivity index (χ4n) is 13.9. The second kappa shape index (κ2) is 34.6. The van der Waals surface area contributed by atoms with E-state index >= 15 is 4.57 Å². The SMILES string of the molecule is COC1(O[C@@H]2[C@H](O)[C@@H](COP(=O)(O)O[C@H]3[C@@H](OC4(OC)CCOCC4)[C@H](n4ccc(=O)[nH]c4=O)O[C@@H]3COP(=O)(O)O[C@H]3[C@@H](OC4(OC)CCOCC4)[C@H](n4ccc(=O)[nH]c4=O)O[C@@H]3COP(=O)(O)O[C@H]3[C@@H](OC4(OC)CCOCC4)[C@H](n4ccc(=O)[nH]c4=O)O[C@@H]3CO)O[C@H]2n2ccc(=O)[nH]c2=O)CCOCC1. The Labute approximate surface area is 614 Å². The number of hydrogen-bond acceptors (Lipinski definition) is 35. The van der Waals surface area contributed by atoms with Crippen LogP contribution in [0.15, 0.2) is 87.4 Å². The van der Waals surface area contributed by atoms with Gasteiger partial charge in [-0.25, -0.2) is 32.9 Å². The molecular formula is C60H85N8O38P3. The molecule has 49 heteroatoms. The summed E-state index contributed by atoms with van der Waals surface area (Å²) in [5.74, 6) is -6.38. The van der Waals surface area contributed by atoms with Crippen molar-refractivity contribution in [2.45, 2.75) is 173 Å². The molecule has 0 radical (unpaired) electrons. The van der Waals surface area contributed by atoms with Gasteiger partial charge in [0, 0.05) is 129 Å². The minimum atomic E-state index is -5.96. The highest BCUT2D eigenvalue weighted by Crippen LogP contribution is 2.56. The Bertz CT molecular complexity index is 4430. The van der Waals surface area contributed by atoms with Crippen molar-refractivity contribution >= 4 is 23.5 Å². The van der Waals surface area contributed by atoms with Crippen LogP contribution in [0, 0.1) is 0 Å². The van der Waals surface area contributed by atoms with Gasteiger partial charge in [0.1, 0.15) is 73.2 Å². The lowest BCUT2D eigenvalue weighted by Crippen LogP contribution is -2.50. The average Bonchev–Trinajstić information content (AvgIpc) is 1.64. The molecule has 4 aromatic rings. The molecule has 12 heterocycles. The first-order valence-electron chi connectivity index (χ1n) is 34.3. The summed E-state index contributed by atoms with van der Waals surface area (Å²) in [6, 6.07) is 3.76. The molecule has 9 N–H and O–H groups in total. The number of aliphatic hydroxyl groups excluding tert-OH is 2. The number of hydrogen-bond donors (Lipinski definition) is 9. The van der Waals surface area contributed by atoms with E-state index in [1.54, 1.807) is 0 Å². The molecule has 4 aromatic heterocycles. The number of aromatic amines is 4. The van der Waals surface area contributed by atoms with Crippen LogP contribution < -0.4 is 45.0 Å². The van der Waals surface area contributed by atoms with Crippen molar-refractivity contribution in [2.75, 3.05) is 108 Å². The van der Waals surface area contributed by atoms with Crippen molar-refractivity contribution in [1.82, 2.24) is 38.2 Å². The molecule has 8 aliphatic rings. The molecule has 0 amide bonds. The van der Waals surface area contributed by atoms with Crippen LogP contribution in [-0.4, -0.2) is 267 Å². The Kier molecular flexibility index (Phi) is 26.3. The van der Waals surface area contributed by atoms with Gasteiger partial charge in [0.15, 0.2) is 48.1 Å². The molecule has 0 spiro atoms. The standard InChI is InChI=1S/C60H85N8O38P3/c1-85-57(9-21-89-22-10-57)100-45-41(74)34(97-49(45)65-17-5-37(70)61-53(65)75)30-93-107(79,80)105-43-36(99-51(67-19-7-39(72)63-55(67)77)47(43)102-59(87-3)13-25-91-26-14-59)32-95-109(83,84)106-44-35(98-52(68-20-8-40(73)64-56(68)78)48(44)103-60(88-4)15-27-92-28-16-60)31-94-108(81,82)104-42-33(29-69)96-50(66-18-6-38(71)62-54(66)76)46(42)101-58(86-2)11-23-90-24-12-58/h5-8,17-20,33-36,41-52,69,74H,9-16,21-32H2,1-4H3,(H,79,80)(H,81,82)(H,83,84)(H,61,70,75)(H,62,71,76)(H,63,72,77)(H,64,73,78)/t33-,34-,35-,36-,41-,42-,43-,44-,45-,46-,47-,48-,49-,50-,51-,52-/m1/s1. The van der Waals surface area contributed by atoms with Crippen molar-refractivity contribution in [3.8, 4) is 0 Å². The molecule has 8 fully saturated rings. The molecule has 46 nitrogen and oxygen atoms in total. The first-order valence-corrected chi connectivity index (χ1v) is 38.8. The van der Waals surface area contributed by atoms with Gasteiger partial charge in [-0.1, -0.05) is 0 Å². The second-order valence-electron chi connectivity index (χ2n) is 26.2. The lowest BCUT2D eigenvalue weighted by molar-refractivity contribution is -0.293. The van der Waals surface area contributed by atoms with Gasteiger partial charge in [-0.2, -0.15) is 0 Å². The van der Waals surface area contributed by atoms with Crippen LogP contribution in [0.25, 0.3) is 0 Å². The van der Waals surface area contributed by atoms with Crippen LogP contribution in [0.1, 0.15) is 76.3 Å². The molecule has 3 unspecified atom stereocenters. The van der Waals surface area contributed by atoms with E-state index in [0.29, 0.717) is 0 Å². The molecule has 0 bridgehead atoms. The fourth-order valence-corrected chi connectivity index (χ4v) is 16.8. The van der Waals surface area contributed by atoms with Crippen molar-refractivity contribution in [3.63, 3.8) is 0 Å². The van der Waals surface area contributed by atoms with Crippen molar-refractivity contribution in [3.05, 3.63) is 132 Å². The van der Waals surface area contributed by atoms with Gasteiger partial charge in [-0.15, -0.1) is 0 Å². The third-order valence-corrected chi connectivity index (χ3v) is 22.7. The number of aromatic nitrogens is 8. The number of nitrogens with one attached hydrogen (secondary N) is 4. The second-order valence-corrected chi connectivity index (χ2v) is 30.5. The zero-order valence-corrected chi connectivity index (χ0v) is 61.5. The highest BCUT2D eigenvalue weighted by molar-refractivity contribution is 7.48. The molecule has 0 aromatic carbocycles. The molecule has 109 heavy (non-hydrogen) atoms. The first-order chi connectivity index (χ1) is 52.0. The van der Waals surface area contributed by atoms with Gasteiger partial charge in [0.2, 0.25) is 0 Å². The molecule has 0 aliphatic carbocycles. The number of phosphoric acid groups is 3. The van der Waals surface area contributed by atoms with Crippen LogP contribution in [0.4, 0.5) is 0 Å². The van der Waals surface area contributed by atoms with E-state index in [4.69, 9.17) is 103 Å². The Balaban J connectivity index is 0.863. The lowest BCUT2D eigenvalue weighted by atomic mass is 10.1. The maximum Gasteiger partial charge on any atom is 0.472 e. The highest BCUT2D eigenvalue weighted by atomic mass is 31.2. The quantitative estimate of drug-likeness (QED) is 0.0172. The average molecular weight is 1620 g/mol. The van der Waals surface area contributed by atoms with E-state index in [0.717, 1.165) is 67.3 Å². The predicted octanol–water partition coefficient (Wildman–Crippen LogP) is -3.21. The minimum Gasteiger partial charge on any atom is -0.394 e. The molecular weight excluding hydrogens is 1530 g/mol. The summed E-state index contributed by atoms with van der Waals surface area (Å²) in [7, 11) is -12.3. The van der Waals surface area contributed by atoms with E-state index in [9.17, 15) is 72.4 Å². The van der Waals surface area contributed by atoms with Crippen LogP contribution >= 0.6 is 23.5 Å². The molecule has 8 saturated heterocycles. The van der Waals surface area contributed by atoms with Crippen LogP contribution in [0.2, 0.25) is 0 Å². The van der Waals surface area contributed by atoms with Gasteiger partial charge in [0.25, 0.3) is 22.2 Å². The van der Waals surface area contributed by atoms with E-state index in [2.05, 4.69) is 19.9 Å². The smallest absolute Gasteiger partial charge is 0.394 e. The number of rotatable bonds is 32. The molecule has 8 aliphatic heterocycles. The number of H-pyrrole nitrogens is 4. The summed E-state index contributed by atoms with van der Waals surface area (Å²) < 4.78 is 179. The van der Waals surface area contributed by atoms with Gasteiger partial charge in [-0.3, -0.25) is 84.5 Å². The number of ether oxygens (including phenoxy) is 16. The normalized spacial score (nSPS) is 32.6. The minimum absolute atomic E-state index is 0.00117. The molecule has 19 atom stereocenters. The molecule has 12 rings (SSSR count). The molecule has 608 valence electrons. The monoisotopic (exact) mass is 1620 g/mol. The van der Waals surface area contributed by atoms with E-state index in [1.807, 2.05) is 0 Å². The van der Waals surface area contributed by atoms with Crippen molar-refractivity contribution < 1.29 is 142 Å². The number of nitrogens with zero attached hydrogens (tertiary/aromatic N) is 4. The predicted molar refractivity (Wildman–Crippen MR) is 355 cm³/mol. The maximum absolute atomic E-state index is 15.2. The van der Waals surface area contributed by atoms with Crippen LogP contribution in [-0.2, 0) is 117 Å². The van der Waals surface area contributed by atoms with Gasteiger partial charge in [-0.05, 0) is 0 Å². The third kappa shape index (κ3) is 18.9. The zero-order chi connectivity index (χ0) is 77.8. The Morgan fingerprint density at radius 1 is 0.385 bits per heavy atom. The molecule has 0 saturated carbocycles. The first kappa shape index (κ1) is 82.8. The van der Waals surface area contributed by atoms with E-state index < -0.39 is 216 Å². The lowest BCUT2D eigenvalue weighted by Gasteiger charge is -2.40. The number of methoxy groups -OCH3 is 4. The van der Waals surface area contributed by atoms with Crippen LogP contribution in [0.3, 0.4) is 0 Å². The Hall–Kier alpha value is -5.67. The van der Waals surface area contributed by atoms with E-state index in [1.165, 1.54) is 28.4 Å². The van der Waals surface area contributed by atoms with Gasteiger partial charge >= 0.3 is 46.2 Å². The summed E-state index contributed by atoms with van der Waals surface area (Å²) in [5.41, 5.74) is -7.76. The Morgan fingerprint density at radius 3 is 0.890 bits per heavy atom. The summed E-state index contributed by atoms with van der Waals surface area (Å²) in [4.78, 5) is 148. The van der Waals surface area contributed by atoms with E-state index in [-0.39, 0.29) is 104 Å². The zero-order valence-electron chi connectivity index (χ0n) is 58.8.